The molecule has 3 heteroatoms. The van der Waals surface area contributed by atoms with E-state index in [2.05, 4.69) is 12.3 Å². The molecule has 1 fully saturated rings. The van der Waals surface area contributed by atoms with Gasteiger partial charge in [-0.05, 0) is 19.3 Å². The minimum absolute atomic E-state index is 0. The molecule has 1 rings (SSSR count). The summed E-state index contributed by atoms with van der Waals surface area (Å²) in [5.41, 5.74) is 2.70. The minimum atomic E-state index is -0.0824. The van der Waals surface area contributed by atoms with Gasteiger partial charge in [-0.1, -0.05) is 0 Å². The Kier molecular flexibility index (Phi) is 6.71. The predicted octanol–water partition coefficient (Wildman–Crippen LogP) is 0.823. The van der Waals surface area contributed by atoms with Crippen molar-refractivity contribution >= 4 is 9.52 Å². The van der Waals surface area contributed by atoms with E-state index in [0.29, 0.717) is 5.73 Å². The second kappa shape index (κ2) is 6.32. The van der Waals surface area contributed by atoms with Crippen molar-refractivity contribution in [1.82, 2.24) is 0 Å². The van der Waals surface area contributed by atoms with Crippen molar-refractivity contribution in [2.45, 2.75) is 25.0 Å². The van der Waals surface area contributed by atoms with Gasteiger partial charge in [0.1, 0.15) is 0 Å². The first-order chi connectivity index (χ1) is 4.43. The number of rotatable bonds is 2. The van der Waals surface area contributed by atoms with E-state index in [4.69, 9.17) is 4.74 Å². The normalized spacial score (nSPS) is 26.2. The van der Waals surface area contributed by atoms with Gasteiger partial charge in [-0.2, -0.15) is 0 Å². The fourth-order valence-electron chi connectivity index (χ4n) is 1.18. The van der Waals surface area contributed by atoms with Crippen molar-refractivity contribution in [1.29, 1.82) is 0 Å². The van der Waals surface area contributed by atoms with Gasteiger partial charge in [0.15, 0.2) is 0 Å². The van der Waals surface area contributed by atoms with Gasteiger partial charge in [0, 0.05) is 33.4 Å². The molecule has 0 spiro atoms. The summed E-state index contributed by atoms with van der Waals surface area (Å²) in [5, 5.41) is 0. The maximum Gasteiger partial charge on any atom is 0.0788 e. The van der Waals surface area contributed by atoms with Crippen molar-refractivity contribution < 1.29 is 25.8 Å². The van der Waals surface area contributed by atoms with Gasteiger partial charge in [0.05, 0.1) is 9.52 Å². The molecular weight excluding hydrogens is 323 g/mol. The fourth-order valence-corrected chi connectivity index (χ4v) is 2.38. The van der Waals surface area contributed by atoms with Gasteiger partial charge in [0.25, 0.3) is 0 Å². The molecule has 62 valence electrons. The van der Waals surface area contributed by atoms with Crippen molar-refractivity contribution in [3.05, 3.63) is 12.3 Å². The van der Waals surface area contributed by atoms with Crippen LogP contribution in [0.1, 0.15) is 19.3 Å². The quantitative estimate of drug-likeness (QED) is 0.678. The third-order valence-corrected chi connectivity index (χ3v) is 3.21. The Morgan fingerprint density at radius 3 is 2.80 bits per heavy atom. The van der Waals surface area contributed by atoms with Crippen LogP contribution in [-0.4, -0.2) is 21.9 Å². The smallest absolute Gasteiger partial charge is 0.0788 e. The molecule has 10 heavy (non-hydrogen) atoms. The molecule has 0 N–H and O–H groups in total. The molecule has 0 bridgehead atoms. The molecule has 0 aliphatic carbocycles. The van der Waals surface area contributed by atoms with Crippen molar-refractivity contribution in [2.75, 3.05) is 6.61 Å². The predicted molar refractivity (Wildman–Crippen MR) is 42.3 cm³/mol. The van der Waals surface area contributed by atoms with E-state index in [-0.39, 0.29) is 30.6 Å². The molecule has 0 aromatic heterocycles. The molecule has 1 heterocycles. The van der Waals surface area contributed by atoms with E-state index >= 15 is 0 Å². The minimum Gasteiger partial charge on any atom is -0.382 e. The third-order valence-electron chi connectivity index (χ3n) is 1.70. The standard InChI is InChI=1S/C7H14OSi.Pt/c1-2-9-7-5-3-4-6-8-7;/h2,7H,1,3-6,9H2;. The first kappa shape index (κ1) is 10.6. The van der Waals surface area contributed by atoms with Gasteiger partial charge >= 0.3 is 0 Å². The molecule has 1 aliphatic heterocycles. The van der Waals surface area contributed by atoms with Crippen LogP contribution in [-0.2, 0) is 25.8 Å². The summed E-state index contributed by atoms with van der Waals surface area (Å²) in [6, 6.07) is 0. The van der Waals surface area contributed by atoms with E-state index < -0.39 is 0 Å². The van der Waals surface area contributed by atoms with Crippen LogP contribution in [0.2, 0.25) is 0 Å². The van der Waals surface area contributed by atoms with Crippen molar-refractivity contribution in [3.63, 3.8) is 0 Å². The van der Waals surface area contributed by atoms with Crippen LogP contribution in [0.3, 0.4) is 0 Å². The second-order valence-corrected chi connectivity index (χ2v) is 4.47. The summed E-state index contributed by atoms with van der Waals surface area (Å²) < 4.78 is 5.51. The van der Waals surface area contributed by atoms with Crippen LogP contribution in [0.4, 0.5) is 0 Å². The number of ether oxygens (including phenoxy) is 1. The zero-order valence-electron chi connectivity index (χ0n) is 6.12. The maximum absolute atomic E-state index is 5.51. The summed E-state index contributed by atoms with van der Waals surface area (Å²) in [6.07, 6.45) is 3.92. The Balaban J connectivity index is 0.000000810. The number of hydrogen-bond acceptors (Lipinski definition) is 1. The Morgan fingerprint density at radius 1 is 1.50 bits per heavy atom. The maximum atomic E-state index is 5.51. The third kappa shape index (κ3) is 3.70. The van der Waals surface area contributed by atoms with Crippen LogP contribution in [0.15, 0.2) is 12.3 Å². The van der Waals surface area contributed by atoms with E-state index in [1.807, 2.05) is 0 Å². The monoisotopic (exact) mass is 337 g/mol. The molecule has 0 aromatic carbocycles. The van der Waals surface area contributed by atoms with Gasteiger partial charge in [-0.25, -0.2) is 0 Å². The van der Waals surface area contributed by atoms with Gasteiger partial charge in [-0.3, -0.25) is 0 Å². The zero-order chi connectivity index (χ0) is 6.53. The van der Waals surface area contributed by atoms with Crippen molar-refractivity contribution in [3.8, 4) is 0 Å². The molecule has 1 atom stereocenters. The molecule has 1 aliphatic rings. The van der Waals surface area contributed by atoms with Gasteiger partial charge < -0.3 is 4.74 Å². The van der Waals surface area contributed by atoms with Gasteiger partial charge in [-0.15, -0.1) is 12.3 Å². The molecular formula is C7H14OPtSi. The van der Waals surface area contributed by atoms with Crippen LogP contribution in [0, 0.1) is 0 Å². The molecule has 0 saturated carbocycles. The Hall–Kier alpha value is 0.605. The second-order valence-electron chi connectivity index (χ2n) is 2.51. The average Bonchev–Trinajstić information content (AvgIpc) is 1.91. The Bertz CT molecular complexity index is 91.6. The molecule has 1 saturated heterocycles. The van der Waals surface area contributed by atoms with E-state index in [1.54, 1.807) is 0 Å². The largest absolute Gasteiger partial charge is 0.382 e. The SMILES string of the molecule is C=C[SiH2]C1CCCCO1.[Pt]. The average molecular weight is 337 g/mol. The summed E-state index contributed by atoms with van der Waals surface area (Å²) in [7, 11) is -0.0824. The Labute approximate surface area is 79.3 Å². The van der Waals surface area contributed by atoms with E-state index in [0.717, 1.165) is 6.61 Å². The van der Waals surface area contributed by atoms with Crippen LogP contribution >= 0.6 is 0 Å². The summed E-state index contributed by atoms with van der Waals surface area (Å²) >= 11 is 0. The number of hydrogen-bond donors (Lipinski definition) is 0. The van der Waals surface area contributed by atoms with Crippen molar-refractivity contribution in [2.24, 2.45) is 0 Å². The molecule has 1 unspecified atom stereocenters. The van der Waals surface area contributed by atoms with Crippen LogP contribution in [0.5, 0.6) is 0 Å². The van der Waals surface area contributed by atoms with Gasteiger partial charge in [0.2, 0.25) is 0 Å². The first-order valence-electron chi connectivity index (χ1n) is 3.66. The van der Waals surface area contributed by atoms with Crippen LogP contribution in [0.25, 0.3) is 0 Å². The molecule has 0 aromatic rings. The first-order valence-corrected chi connectivity index (χ1v) is 5.29. The molecule has 0 radical (unpaired) electrons. The van der Waals surface area contributed by atoms with E-state index in [9.17, 15) is 0 Å². The zero-order valence-corrected chi connectivity index (χ0v) is 9.81. The summed E-state index contributed by atoms with van der Waals surface area (Å²) in [5.74, 6) is 0. The topological polar surface area (TPSA) is 9.23 Å². The fraction of sp³-hybridized carbons (Fsp3) is 0.714. The molecule has 1 nitrogen and oxygen atoms in total. The summed E-state index contributed by atoms with van der Waals surface area (Å²) in [4.78, 5) is 0. The Morgan fingerprint density at radius 2 is 2.30 bits per heavy atom. The summed E-state index contributed by atoms with van der Waals surface area (Å²) in [6.45, 7) is 4.73. The van der Waals surface area contributed by atoms with Crippen LogP contribution < -0.4 is 0 Å². The molecule has 0 amide bonds. The van der Waals surface area contributed by atoms with E-state index in [1.165, 1.54) is 19.3 Å².